The van der Waals surface area contributed by atoms with Gasteiger partial charge in [0, 0.05) is 0 Å². The highest BCUT2D eigenvalue weighted by molar-refractivity contribution is 5.71. The molecular formula is C13H13N3O2. The van der Waals surface area contributed by atoms with E-state index in [0.717, 1.165) is 0 Å². The number of hydrogen-bond acceptors (Lipinski definition) is 5. The first-order valence-corrected chi connectivity index (χ1v) is 5.24. The Hall–Kier alpha value is -2.69. The molecule has 0 atom stereocenters. The minimum atomic E-state index is 1.33. The van der Waals surface area contributed by atoms with Crippen LogP contribution in [0.1, 0.15) is 0 Å². The lowest BCUT2D eigenvalue weighted by molar-refractivity contribution is -0.257. The molecule has 0 N–H and O–H groups in total. The molecule has 1 rings (SSSR count). The van der Waals surface area contributed by atoms with E-state index in [1.54, 1.807) is 18.2 Å². The summed E-state index contributed by atoms with van der Waals surface area (Å²) in [6.07, 6.45) is 23.0. The SMILES string of the molecule is C1=CC=CC=CC=NN=NOOC=CC=CC=C1. The summed E-state index contributed by atoms with van der Waals surface area (Å²) in [5.74, 6) is 0. The van der Waals surface area contributed by atoms with Crippen LogP contribution in [0.3, 0.4) is 0 Å². The van der Waals surface area contributed by atoms with Crippen molar-refractivity contribution in [1.29, 1.82) is 0 Å². The third-order valence-electron chi connectivity index (χ3n) is 1.56. The van der Waals surface area contributed by atoms with E-state index in [4.69, 9.17) is 0 Å². The first-order chi connectivity index (χ1) is 9.00. The van der Waals surface area contributed by atoms with Crippen molar-refractivity contribution in [3.63, 3.8) is 0 Å². The molecule has 1 heterocycles. The predicted octanol–water partition coefficient (Wildman–Crippen LogP) is 3.60. The van der Waals surface area contributed by atoms with Gasteiger partial charge in [-0.05, 0) is 17.4 Å². The highest BCUT2D eigenvalue weighted by Crippen LogP contribution is 1.88. The normalized spacial score (nSPS) is 16.0. The minimum Gasteiger partial charge on any atom is -0.274 e. The second-order valence-electron chi connectivity index (χ2n) is 2.86. The summed E-state index contributed by atoms with van der Waals surface area (Å²) in [6.45, 7) is 0. The summed E-state index contributed by atoms with van der Waals surface area (Å²) in [6, 6.07) is 0. The Morgan fingerprint density at radius 3 is 1.83 bits per heavy atom. The summed E-state index contributed by atoms with van der Waals surface area (Å²) in [5, 5.41) is 10.1. The summed E-state index contributed by atoms with van der Waals surface area (Å²) in [5.41, 5.74) is 0. The smallest absolute Gasteiger partial charge is 0.145 e. The molecule has 92 valence electrons. The highest BCUT2D eigenvalue weighted by Gasteiger charge is 1.73. The maximum atomic E-state index is 4.55. The molecule has 0 aromatic heterocycles. The van der Waals surface area contributed by atoms with Crippen molar-refractivity contribution in [1.82, 2.24) is 0 Å². The predicted molar refractivity (Wildman–Crippen MR) is 70.4 cm³/mol. The monoisotopic (exact) mass is 243 g/mol. The Kier molecular flexibility index (Phi) is 8.04. The molecule has 18 heavy (non-hydrogen) atoms. The van der Waals surface area contributed by atoms with Gasteiger partial charge >= 0.3 is 0 Å². The van der Waals surface area contributed by atoms with Crippen LogP contribution in [0.15, 0.2) is 88.7 Å². The molecule has 0 saturated heterocycles. The standard InChI is InChI=1S/C13H13N3O2/c1-2-4-6-8-10-12-14-15-16-18-17-13-11-9-7-5-3-1/h1-13H. The van der Waals surface area contributed by atoms with Crippen molar-refractivity contribution in [2.75, 3.05) is 0 Å². The molecule has 1 aliphatic heterocycles. The van der Waals surface area contributed by atoms with E-state index in [1.807, 2.05) is 48.6 Å². The number of hydrogen-bond donors (Lipinski definition) is 0. The third-order valence-corrected chi connectivity index (χ3v) is 1.56. The van der Waals surface area contributed by atoms with Crippen LogP contribution >= 0.6 is 0 Å². The van der Waals surface area contributed by atoms with Crippen LogP contribution in [0.5, 0.6) is 0 Å². The Bertz CT molecular complexity index is 399. The first-order valence-electron chi connectivity index (χ1n) is 5.24. The van der Waals surface area contributed by atoms with Gasteiger partial charge in [0.25, 0.3) is 0 Å². The maximum absolute atomic E-state index is 4.55. The average molecular weight is 243 g/mol. The Morgan fingerprint density at radius 2 is 1.17 bits per heavy atom. The molecule has 0 spiro atoms. The van der Waals surface area contributed by atoms with E-state index in [-0.39, 0.29) is 0 Å². The number of allylic oxidation sites excluding steroid dienone is 11. The van der Waals surface area contributed by atoms with Gasteiger partial charge in [-0.3, -0.25) is 4.89 Å². The van der Waals surface area contributed by atoms with Crippen LogP contribution in [-0.4, -0.2) is 6.21 Å². The molecule has 0 amide bonds. The van der Waals surface area contributed by atoms with E-state index in [9.17, 15) is 0 Å². The van der Waals surface area contributed by atoms with Gasteiger partial charge in [-0.2, -0.15) is 0 Å². The lowest BCUT2D eigenvalue weighted by Gasteiger charge is -1.87. The van der Waals surface area contributed by atoms with Gasteiger partial charge in [0.15, 0.2) is 0 Å². The molecule has 1 aliphatic rings. The third kappa shape index (κ3) is 8.60. The van der Waals surface area contributed by atoms with Crippen molar-refractivity contribution in [2.24, 2.45) is 15.6 Å². The van der Waals surface area contributed by atoms with Crippen LogP contribution in [0.4, 0.5) is 0 Å². The summed E-state index contributed by atoms with van der Waals surface area (Å²) < 4.78 is 0. The zero-order valence-electron chi connectivity index (χ0n) is 9.66. The largest absolute Gasteiger partial charge is 0.274 e. The molecule has 0 aromatic carbocycles. The quantitative estimate of drug-likeness (QED) is 0.610. The van der Waals surface area contributed by atoms with Gasteiger partial charge in [-0.15, -0.1) is 10.1 Å². The molecule has 5 nitrogen and oxygen atoms in total. The van der Waals surface area contributed by atoms with Crippen LogP contribution in [0.2, 0.25) is 0 Å². The fraction of sp³-hybridized carbons (Fsp3) is 0. The zero-order valence-corrected chi connectivity index (χ0v) is 9.66. The van der Waals surface area contributed by atoms with Gasteiger partial charge in [-0.1, -0.05) is 54.7 Å². The van der Waals surface area contributed by atoms with E-state index in [2.05, 4.69) is 25.5 Å². The van der Waals surface area contributed by atoms with E-state index in [1.165, 1.54) is 12.5 Å². The summed E-state index contributed by atoms with van der Waals surface area (Å²) in [7, 11) is 0. The van der Waals surface area contributed by atoms with Crippen LogP contribution in [-0.2, 0) is 9.88 Å². The van der Waals surface area contributed by atoms with Crippen LogP contribution < -0.4 is 0 Å². The molecule has 0 fully saturated rings. The van der Waals surface area contributed by atoms with Crippen molar-refractivity contribution in [2.45, 2.75) is 0 Å². The average Bonchev–Trinajstić information content (AvgIpc) is 2.39. The maximum Gasteiger partial charge on any atom is 0.145 e. The number of rotatable bonds is 0. The van der Waals surface area contributed by atoms with Crippen molar-refractivity contribution >= 4 is 6.21 Å². The molecule has 0 aliphatic carbocycles. The fourth-order valence-corrected chi connectivity index (χ4v) is 0.853. The van der Waals surface area contributed by atoms with Crippen LogP contribution in [0.25, 0.3) is 0 Å². The van der Waals surface area contributed by atoms with Gasteiger partial charge < -0.3 is 0 Å². The molecular weight excluding hydrogens is 230 g/mol. The topological polar surface area (TPSA) is 55.5 Å². The highest BCUT2D eigenvalue weighted by atomic mass is 17.3. The van der Waals surface area contributed by atoms with Crippen LogP contribution in [0, 0.1) is 0 Å². The Balaban J connectivity index is 2.58. The lowest BCUT2D eigenvalue weighted by Crippen LogP contribution is -1.74. The molecule has 0 saturated carbocycles. The molecule has 0 bridgehead atoms. The molecule has 0 unspecified atom stereocenters. The van der Waals surface area contributed by atoms with Crippen molar-refractivity contribution in [3.05, 3.63) is 73.1 Å². The second kappa shape index (κ2) is 10.8. The van der Waals surface area contributed by atoms with Gasteiger partial charge in [0.05, 0.1) is 11.5 Å². The second-order valence-corrected chi connectivity index (χ2v) is 2.86. The van der Waals surface area contributed by atoms with E-state index < -0.39 is 0 Å². The molecule has 0 aromatic rings. The van der Waals surface area contributed by atoms with Gasteiger partial charge in [0.2, 0.25) is 0 Å². The summed E-state index contributed by atoms with van der Waals surface area (Å²) >= 11 is 0. The molecule has 0 radical (unpaired) electrons. The summed E-state index contributed by atoms with van der Waals surface area (Å²) in [4.78, 5) is 8.88. The fourth-order valence-electron chi connectivity index (χ4n) is 0.853. The first kappa shape index (κ1) is 13.4. The van der Waals surface area contributed by atoms with Gasteiger partial charge in [0.1, 0.15) is 6.26 Å². The van der Waals surface area contributed by atoms with Crippen molar-refractivity contribution < 1.29 is 9.88 Å². The minimum absolute atomic E-state index is 1.33. The van der Waals surface area contributed by atoms with Crippen molar-refractivity contribution in [3.8, 4) is 0 Å². The Labute approximate surface area is 105 Å². The molecule has 5 heteroatoms. The lowest BCUT2D eigenvalue weighted by atomic mass is 10.3. The van der Waals surface area contributed by atoms with E-state index in [0.29, 0.717) is 0 Å². The zero-order chi connectivity index (χ0) is 12.7. The van der Waals surface area contributed by atoms with E-state index >= 15 is 0 Å². The Morgan fingerprint density at radius 1 is 0.611 bits per heavy atom. The number of nitrogens with zero attached hydrogens (tertiary/aromatic N) is 3. The van der Waals surface area contributed by atoms with Gasteiger partial charge in [-0.25, -0.2) is 0 Å².